The largest absolute Gasteiger partial charge is 0.481 e. The Morgan fingerprint density at radius 2 is 2.44 bits per heavy atom. The van der Waals surface area contributed by atoms with Crippen molar-refractivity contribution in [1.29, 1.82) is 0 Å². The van der Waals surface area contributed by atoms with Gasteiger partial charge in [0.25, 0.3) is 0 Å². The van der Waals surface area contributed by atoms with Crippen molar-refractivity contribution >= 4 is 5.97 Å². The van der Waals surface area contributed by atoms with E-state index in [0.29, 0.717) is 0 Å². The predicted octanol–water partition coefficient (Wildman–Crippen LogP) is 1.38. The molecule has 0 rings (SSSR count). The number of alkyl halides is 1. The van der Waals surface area contributed by atoms with E-state index < -0.39 is 12.1 Å². The summed E-state index contributed by atoms with van der Waals surface area (Å²) < 4.78 is 12.1. The SMILES string of the molecule is C=CC(F)CCC(=O)O. The van der Waals surface area contributed by atoms with Gasteiger partial charge in [-0.15, -0.1) is 6.58 Å². The van der Waals surface area contributed by atoms with Crippen LogP contribution in [0, 0.1) is 0 Å². The number of hydrogen-bond donors (Lipinski definition) is 1. The number of allylic oxidation sites excluding steroid dienone is 1. The summed E-state index contributed by atoms with van der Waals surface area (Å²) in [6, 6.07) is 0. The molecule has 0 aromatic heterocycles. The molecule has 0 amide bonds. The summed E-state index contributed by atoms with van der Waals surface area (Å²) >= 11 is 0. The fourth-order valence-corrected chi connectivity index (χ4v) is 0.379. The zero-order valence-corrected chi connectivity index (χ0v) is 5.01. The van der Waals surface area contributed by atoms with Gasteiger partial charge < -0.3 is 5.11 Å². The smallest absolute Gasteiger partial charge is 0.303 e. The minimum Gasteiger partial charge on any atom is -0.481 e. The molecule has 0 aromatic carbocycles. The third-order valence-corrected chi connectivity index (χ3v) is 0.890. The number of aliphatic carboxylic acids is 1. The zero-order chi connectivity index (χ0) is 7.28. The lowest BCUT2D eigenvalue weighted by atomic mass is 10.2. The van der Waals surface area contributed by atoms with E-state index in [9.17, 15) is 9.18 Å². The van der Waals surface area contributed by atoms with Crippen molar-refractivity contribution in [3.05, 3.63) is 12.7 Å². The molecule has 0 radical (unpaired) electrons. The highest BCUT2D eigenvalue weighted by atomic mass is 19.1. The minimum absolute atomic E-state index is 0.0266. The standard InChI is InChI=1S/C6H9FO2/c1-2-5(7)3-4-6(8)9/h2,5H,1,3-4H2,(H,8,9). The summed E-state index contributed by atoms with van der Waals surface area (Å²) in [5.74, 6) is -0.973. The molecule has 0 aromatic rings. The molecule has 0 bridgehead atoms. The van der Waals surface area contributed by atoms with E-state index in [-0.39, 0.29) is 12.8 Å². The molecule has 1 unspecified atom stereocenters. The fourth-order valence-electron chi connectivity index (χ4n) is 0.379. The molecule has 0 saturated carbocycles. The Bertz CT molecular complexity index is 112. The summed E-state index contributed by atoms with van der Waals surface area (Å²) in [6.07, 6.45) is -0.185. The topological polar surface area (TPSA) is 37.3 Å². The van der Waals surface area contributed by atoms with E-state index in [4.69, 9.17) is 5.11 Å². The van der Waals surface area contributed by atoms with E-state index in [0.717, 1.165) is 6.08 Å². The first-order valence-electron chi connectivity index (χ1n) is 2.65. The highest BCUT2D eigenvalue weighted by Crippen LogP contribution is 2.01. The van der Waals surface area contributed by atoms with Gasteiger partial charge in [-0.2, -0.15) is 0 Å². The Balaban J connectivity index is 3.26. The predicted molar refractivity (Wildman–Crippen MR) is 32.0 cm³/mol. The van der Waals surface area contributed by atoms with Crippen molar-refractivity contribution < 1.29 is 14.3 Å². The van der Waals surface area contributed by atoms with Crippen LogP contribution in [0.1, 0.15) is 12.8 Å². The molecule has 1 atom stereocenters. The highest BCUT2D eigenvalue weighted by Gasteiger charge is 2.03. The van der Waals surface area contributed by atoms with Gasteiger partial charge in [0.15, 0.2) is 0 Å². The van der Waals surface area contributed by atoms with Gasteiger partial charge in [0, 0.05) is 6.42 Å². The Hall–Kier alpha value is -0.860. The van der Waals surface area contributed by atoms with Gasteiger partial charge in [-0.25, -0.2) is 4.39 Å². The second-order valence-electron chi connectivity index (χ2n) is 1.68. The first-order valence-corrected chi connectivity index (χ1v) is 2.65. The maximum atomic E-state index is 12.1. The van der Waals surface area contributed by atoms with E-state index in [1.165, 1.54) is 0 Å². The third-order valence-electron chi connectivity index (χ3n) is 0.890. The lowest BCUT2D eigenvalue weighted by Crippen LogP contribution is -2.00. The summed E-state index contributed by atoms with van der Waals surface area (Å²) in [5.41, 5.74) is 0. The van der Waals surface area contributed by atoms with E-state index in [1.807, 2.05) is 0 Å². The van der Waals surface area contributed by atoms with Crippen LogP contribution in [0.4, 0.5) is 4.39 Å². The van der Waals surface area contributed by atoms with Crippen LogP contribution in [0.15, 0.2) is 12.7 Å². The first-order chi connectivity index (χ1) is 4.16. The second kappa shape index (κ2) is 4.06. The van der Waals surface area contributed by atoms with Crippen molar-refractivity contribution in [2.75, 3.05) is 0 Å². The molecule has 0 saturated heterocycles. The van der Waals surface area contributed by atoms with Crippen LogP contribution in [0.3, 0.4) is 0 Å². The normalized spacial score (nSPS) is 12.6. The highest BCUT2D eigenvalue weighted by molar-refractivity contribution is 5.66. The molecule has 2 nitrogen and oxygen atoms in total. The summed E-state index contributed by atoms with van der Waals surface area (Å²) in [4.78, 5) is 9.82. The Labute approximate surface area is 53.0 Å². The van der Waals surface area contributed by atoms with Gasteiger partial charge in [-0.1, -0.05) is 6.08 Å². The van der Waals surface area contributed by atoms with Crippen LogP contribution in [0.25, 0.3) is 0 Å². The average molecular weight is 132 g/mol. The van der Waals surface area contributed by atoms with Crippen molar-refractivity contribution in [2.45, 2.75) is 19.0 Å². The van der Waals surface area contributed by atoms with Gasteiger partial charge in [0.2, 0.25) is 0 Å². The van der Waals surface area contributed by atoms with E-state index in [1.54, 1.807) is 0 Å². The van der Waals surface area contributed by atoms with Crippen molar-refractivity contribution in [1.82, 2.24) is 0 Å². The number of rotatable bonds is 4. The molecule has 0 aliphatic rings. The molecule has 9 heavy (non-hydrogen) atoms. The maximum absolute atomic E-state index is 12.1. The Kier molecular flexibility index (Phi) is 3.67. The van der Waals surface area contributed by atoms with Crippen LogP contribution in [0.5, 0.6) is 0 Å². The number of carbonyl (C=O) groups is 1. The van der Waals surface area contributed by atoms with Gasteiger partial charge in [0.1, 0.15) is 6.17 Å². The zero-order valence-electron chi connectivity index (χ0n) is 5.01. The third kappa shape index (κ3) is 5.00. The fraction of sp³-hybridized carbons (Fsp3) is 0.500. The molecule has 0 fully saturated rings. The van der Waals surface area contributed by atoms with Gasteiger partial charge in [-0.05, 0) is 6.42 Å². The quantitative estimate of drug-likeness (QED) is 0.586. The summed E-state index contributed by atoms with van der Waals surface area (Å²) in [7, 11) is 0. The molecule has 52 valence electrons. The Morgan fingerprint density at radius 3 is 2.78 bits per heavy atom. The van der Waals surface area contributed by atoms with Crippen molar-refractivity contribution in [2.24, 2.45) is 0 Å². The Morgan fingerprint density at radius 1 is 1.89 bits per heavy atom. The van der Waals surface area contributed by atoms with Crippen LogP contribution < -0.4 is 0 Å². The minimum atomic E-state index is -1.18. The molecule has 0 spiro atoms. The molecular weight excluding hydrogens is 123 g/mol. The monoisotopic (exact) mass is 132 g/mol. The van der Waals surface area contributed by atoms with E-state index >= 15 is 0 Å². The van der Waals surface area contributed by atoms with Gasteiger partial charge in [0.05, 0.1) is 0 Å². The molecule has 1 N–H and O–H groups in total. The lowest BCUT2D eigenvalue weighted by molar-refractivity contribution is -0.137. The average Bonchev–Trinajstić information content (AvgIpc) is 1.83. The number of carboxylic acid groups (broad SMARTS) is 1. The second-order valence-corrected chi connectivity index (χ2v) is 1.68. The number of carboxylic acids is 1. The van der Waals surface area contributed by atoms with Gasteiger partial charge in [-0.3, -0.25) is 4.79 Å². The molecule has 0 aliphatic carbocycles. The van der Waals surface area contributed by atoms with Crippen molar-refractivity contribution in [3.63, 3.8) is 0 Å². The summed E-state index contributed by atoms with van der Waals surface area (Å²) in [6.45, 7) is 3.17. The molecular formula is C6H9FO2. The summed E-state index contributed by atoms with van der Waals surface area (Å²) in [5, 5.41) is 8.06. The first kappa shape index (κ1) is 8.14. The number of hydrogen-bond acceptors (Lipinski definition) is 1. The molecule has 0 heterocycles. The lowest BCUT2D eigenvalue weighted by Gasteiger charge is -1.96. The van der Waals surface area contributed by atoms with Crippen LogP contribution in [-0.2, 0) is 4.79 Å². The van der Waals surface area contributed by atoms with Crippen molar-refractivity contribution in [3.8, 4) is 0 Å². The molecule has 0 aliphatic heterocycles. The molecule has 3 heteroatoms. The van der Waals surface area contributed by atoms with Crippen LogP contribution in [-0.4, -0.2) is 17.2 Å². The van der Waals surface area contributed by atoms with Gasteiger partial charge >= 0.3 is 5.97 Å². The number of halogens is 1. The maximum Gasteiger partial charge on any atom is 0.303 e. The van der Waals surface area contributed by atoms with Crippen LogP contribution >= 0.6 is 0 Å². The van der Waals surface area contributed by atoms with Crippen LogP contribution in [0.2, 0.25) is 0 Å². The van der Waals surface area contributed by atoms with E-state index in [2.05, 4.69) is 6.58 Å².